The van der Waals surface area contributed by atoms with Gasteiger partial charge in [0.15, 0.2) is 0 Å². The number of nitrogens with zero attached hydrogens (tertiary/aromatic N) is 2. The fraction of sp³-hybridized carbons (Fsp3) is 0.500. The van der Waals surface area contributed by atoms with Crippen LogP contribution >= 0.6 is 0 Å². The van der Waals surface area contributed by atoms with Crippen molar-refractivity contribution in [1.82, 2.24) is 15.1 Å². The Balaban J connectivity index is 2.20. The van der Waals surface area contributed by atoms with Gasteiger partial charge in [0.25, 0.3) is 0 Å². The molecule has 0 fully saturated rings. The summed E-state index contributed by atoms with van der Waals surface area (Å²) in [6.45, 7) is 8.51. The van der Waals surface area contributed by atoms with E-state index in [1.807, 2.05) is 0 Å². The van der Waals surface area contributed by atoms with Crippen molar-refractivity contribution in [2.24, 2.45) is 0 Å². The van der Waals surface area contributed by atoms with Crippen LogP contribution in [0.5, 0.6) is 0 Å². The third-order valence-corrected chi connectivity index (χ3v) is 3.83. The van der Waals surface area contributed by atoms with Gasteiger partial charge < -0.3 is 5.32 Å². The number of nitrogens with one attached hydrogen (secondary N) is 1. The number of aromatic nitrogens is 2. The molecule has 1 aromatic carbocycles. The van der Waals surface area contributed by atoms with Gasteiger partial charge in [-0.15, -0.1) is 0 Å². The molecule has 0 spiro atoms. The largest absolute Gasteiger partial charge is 0.310 e. The summed E-state index contributed by atoms with van der Waals surface area (Å²) in [5, 5.41) is 8.33. The van der Waals surface area contributed by atoms with Crippen LogP contribution in [0.25, 0.3) is 0 Å². The topological polar surface area (TPSA) is 29.9 Å². The molecule has 2 aromatic rings. The maximum atomic E-state index is 4.66. The zero-order valence-electron chi connectivity index (χ0n) is 13.5. The molecule has 0 aliphatic rings. The fourth-order valence-electron chi connectivity index (χ4n) is 2.65. The molecule has 0 saturated carbocycles. The predicted octanol–water partition coefficient (Wildman–Crippen LogP) is 3.75. The van der Waals surface area contributed by atoms with Crippen molar-refractivity contribution in [3.8, 4) is 0 Å². The van der Waals surface area contributed by atoms with E-state index in [0.29, 0.717) is 6.04 Å². The quantitative estimate of drug-likeness (QED) is 0.800. The molecule has 21 heavy (non-hydrogen) atoms. The first kappa shape index (κ1) is 15.8. The maximum absolute atomic E-state index is 4.66. The summed E-state index contributed by atoms with van der Waals surface area (Å²) in [6, 6.07) is 13.3. The highest BCUT2D eigenvalue weighted by molar-refractivity contribution is 5.22. The van der Waals surface area contributed by atoms with Gasteiger partial charge in [-0.2, -0.15) is 5.10 Å². The molecule has 0 aliphatic carbocycles. The number of hydrogen-bond acceptors (Lipinski definition) is 2. The number of hydrogen-bond donors (Lipinski definition) is 1. The number of aryl methyl sites for hydroxylation is 2. The Bertz CT molecular complexity index is 531. The van der Waals surface area contributed by atoms with Crippen molar-refractivity contribution in [3.05, 3.63) is 53.3 Å². The van der Waals surface area contributed by atoms with Crippen LogP contribution in [0.2, 0.25) is 0 Å². The zero-order valence-corrected chi connectivity index (χ0v) is 13.5. The summed E-state index contributed by atoms with van der Waals surface area (Å²) in [5.74, 6) is 0. The van der Waals surface area contributed by atoms with Crippen molar-refractivity contribution in [1.29, 1.82) is 0 Å². The first-order valence-electron chi connectivity index (χ1n) is 8.12. The van der Waals surface area contributed by atoms with E-state index in [-0.39, 0.29) is 0 Å². The van der Waals surface area contributed by atoms with Crippen molar-refractivity contribution >= 4 is 0 Å². The third kappa shape index (κ3) is 4.18. The van der Waals surface area contributed by atoms with Crippen molar-refractivity contribution in [2.45, 2.75) is 52.6 Å². The molecule has 1 aromatic heterocycles. The highest BCUT2D eigenvalue weighted by atomic mass is 15.3. The molecule has 1 N–H and O–H groups in total. The van der Waals surface area contributed by atoms with Gasteiger partial charge in [0.1, 0.15) is 0 Å². The third-order valence-electron chi connectivity index (χ3n) is 3.83. The molecule has 3 heteroatoms. The Kier molecular flexibility index (Phi) is 6.00. The molecule has 0 radical (unpaired) electrons. The van der Waals surface area contributed by atoms with Crippen molar-refractivity contribution in [2.75, 3.05) is 6.54 Å². The number of benzene rings is 1. The molecular weight excluding hydrogens is 258 g/mol. The Labute approximate surface area is 128 Å². The lowest BCUT2D eigenvalue weighted by molar-refractivity contribution is 0.502. The molecule has 2 rings (SSSR count). The van der Waals surface area contributed by atoms with Gasteiger partial charge in [-0.25, -0.2) is 0 Å². The normalized spacial score (nSPS) is 12.5. The van der Waals surface area contributed by atoms with Crippen LogP contribution in [0.3, 0.4) is 0 Å². The second-order valence-electron chi connectivity index (χ2n) is 5.42. The second kappa shape index (κ2) is 7.99. The Morgan fingerprint density at radius 1 is 1.14 bits per heavy atom. The molecule has 0 amide bonds. The van der Waals surface area contributed by atoms with E-state index in [1.54, 1.807) is 0 Å². The van der Waals surface area contributed by atoms with Gasteiger partial charge in [-0.1, -0.05) is 44.2 Å². The smallest absolute Gasteiger partial charge is 0.0624 e. The first-order valence-corrected chi connectivity index (χ1v) is 8.12. The van der Waals surface area contributed by atoms with Gasteiger partial charge in [-0.3, -0.25) is 4.68 Å². The van der Waals surface area contributed by atoms with Crippen LogP contribution in [-0.2, 0) is 19.4 Å². The Hall–Kier alpha value is -1.61. The van der Waals surface area contributed by atoms with Gasteiger partial charge in [0.2, 0.25) is 0 Å². The average molecular weight is 285 g/mol. The van der Waals surface area contributed by atoms with Crippen molar-refractivity contribution < 1.29 is 0 Å². The summed E-state index contributed by atoms with van der Waals surface area (Å²) in [5.41, 5.74) is 3.87. The minimum absolute atomic E-state index is 0.359. The van der Waals surface area contributed by atoms with Gasteiger partial charge in [0.05, 0.1) is 5.69 Å². The van der Waals surface area contributed by atoms with Gasteiger partial charge >= 0.3 is 0 Å². The second-order valence-corrected chi connectivity index (χ2v) is 5.42. The van der Waals surface area contributed by atoms with Crippen LogP contribution in [0.1, 0.15) is 50.2 Å². The van der Waals surface area contributed by atoms with Gasteiger partial charge in [-0.05, 0) is 37.9 Å². The monoisotopic (exact) mass is 285 g/mol. The lowest BCUT2D eigenvalue weighted by Crippen LogP contribution is -2.25. The maximum Gasteiger partial charge on any atom is 0.0624 e. The minimum Gasteiger partial charge on any atom is -0.310 e. The highest BCUT2D eigenvalue weighted by Gasteiger charge is 2.15. The first-order chi connectivity index (χ1) is 10.3. The molecule has 1 heterocycles. The molecule has 1 atom stereocenters. The molecular formula is C18H27N3. The molecule has 114 valence electrons. The van der Waals surface area contributed by atoms with Gasteiger partial charge in [0, 0.05) is 24.7 Å². The molecule has 3 nitrogen and oxygen atoms in total. The summed E-state index contributed by atoms with van der Waals surface area (Å²) >= 11 is 0. The minimum atomic E-state index is 0.359. The Morgan fingerprint density at radius 3 is 2.52 bits per heavy atom. The predicted molar refractivity (Wildman–Crippen MR) is 88.5 cm³/mol. The van der Waals surface area contributed by atoms with E-state index < -0.39 is 0 Å². The Morgan fingerprint density at radius 2 is 1.90 bits per heavy atom. The van der Waals surface area contributed by atoms with E-state index >= 15 is 0 Å². The SMILES string of the molecule is CCCNC(Cc1cc(CC)nn1CC)c1ccccc1. The van der Waals surface area contributed by atoms with Crippen LogP contribution in [-0.4, -0.2) is 16.3 Å². The lowest BCUT2D eigenvalue weighted by Gasteiger charge is -2.19. The lowest BCUT2D eigenvalue weighted by atomic mass is 10.0. The van der Waals surface area contributed by atoms with E-state index in [9.17, 15) is 0 Å². The van der Waals surface area contributed by atoms with Crippen LogP contribution < -0.4 is 5.32 Å². The standard InChI is InChI=1S/C18H27N3/c1-4-12-19-18(15-10-8-7-9-11-15)14-17-13-16(5-2)20-21(17)6-3/h7-11,13,18-19H,4-6,12,14H2,1-3H3. The summed E-state index contributed by atoms with van der Waals surface area (Å²) in [4.78, 5) is 0. The van der Waals surface area contributed by atoms with Crippen molar-refractivity contribution in [3.63, 3.8) is 0 Å². The molecule has 0 saturated heterocycles. The van der Waals surface area contributed by atoms with E-state index in [2.05, 4.69) is 72.3 Å². The average Bonchev–Trinajstić information content (AvgIpc) is 2.94. The van der Waals surface area contributed by atoms with E-state index in [4.69, 9.17) is 0 Å². The fourth-order valence-corrected chi connectivity index (χ4v) is 2.65. The van der Waals surface area contributed by atoms with E-state index in [1.165, 1.54) is 17.0 Å². The summed E-state index contributed by atoms with van der Waals surface area (Å²) in [6.07, 6.45) is 3.14. The summed E-state index contributed by atoms with van der Waals surface area (Å²) in [7, 11) is 0. The number of rotatable bonds is 8. The van der Waals surface area contributed by atoms with Crippen LogP contribution in [0, 0.1) is 0 Å². The molecule has 1 unspecified atom stereocenters. The van der Waals surface area contributed by atoms with Crippen LogP contribution in [0.15, 0.2) is 36.4 Å². The zero-order chi connectivity index (χ0) is 15.1. The summed E-state index contributed by atoms with van der Waals surface area (Å²) < 4.78 is 2.14. The molecule has 0 aliphatic heterocycles. The molecule has 0 bridgehead atoms. The highest BCUT2D eigenvalue weighted by Crippen LogP contribution is 2.19. The van der Waals surface area contributed by atoms with Crippen LogP contribution in [0.4, 0.5) is 0 Å². The van der Waals surface area contributed by atoms with E-state index in [0.717, 1.165) is 32.4 Å².